The first-order chi connectivity index (χ1) is 6.36. The topological polar surface area (TPSA) is 67.5 Å². The highest BCUT2D eigenvalue weighted by atomic mass is 19.4. The summed E-state index contributed by atoms with van der Waals surface area (Å²) in [5, 5.41) is 2.26. The molecule has 7 heteroatoms. The summed E-state index contributed by atoms with van der Waals surface area (Å²) in [6, 6.07) is 0. The third kappa shape index (κ3) is 2.24. The number of alkyl halides is 3. The van der Waals surface area contributed by atoms with E-state index in [9.17, 15) is 18.0 Å². The molecule has 1 aliphatic heterocycles. The SMILES string of the molecule is NC(=O)C1(CC(F)(F)F)C=NC=CN1. The van der Waals surface area contributed by atoms with Gasteiger partial charge in [-0.15, -0.1) is 0 Å². The van der Waals surface area contributed by atoms with Crippen molar-refractivity contribution in [2.75, 3.05) is 0 Å². The van der Waals surface area contributed by atoms with Gasteiger partial charge >= 0.3 is 6.18 Å². The number of hydrogen-bond acceptors (Lipinski definition) is 3. The van der Waals surface area contributed by atoms with Crippen molar-refractivity contribution in [3.8, 4) is 0 Å². The Morgan fingerprint density at radius 1 is 1.57 bits per heavy atom. The number of nitrogens with zero attached hydrogens (tertiary/aromatic N) is 1. The molecule has 1 atom stereocenters. The molecule has 0 bridgehead atoms. The van der Waals surface area contributed by atoms with E-state index in [4.69, 9.17) is 5.73 Å². The van der Waals surface area contributed by atoms with Gasteiger partial charge in [0.15, 0.2) is 5.54 Å². The summed E-state index contributed by atoms with van der Waals surface area (Å²) in [5.41, 5.74) is 2.93. The van der Waals surface area contributed by atoms with Gasteiger partial charge in [0.2, 0.25) is 5.91 Å². The molecule has 0 saturated carbocycles. The van der Waals surface area contributed by atoms with Crippen molar-refractivity contribution < 1.29 is 18.0 Å². The average molecular weight is 207 g/mol. The number of amides is 1. The summed E-state index contributed by atoms with van der Waals surface area (Å²) in [5.74, 6) is -1.11. The van der Waals surface area contributed by atoms with Gasteiger partial charge in [-0.3, -0.25) is 9.79 Å². The number of primary amides is 1. The van der Waals surface area contributed by atoms with Gasteiger partial charge in [-0.05, 0) is 0 Å². The number of nitrogens with one attached hydrogen (secondary N) is 1. The number of carbonyl (C=O) groups excluding carboxylic acids is 1. The molecule has 1 aliphatic rings. The molecule has 0 spiro atoms. The summed E-state index contributed by atoms with van der Waals surface area (Å²) < 4.78 is 36.3. The van der Waals surface area contributed by atoms with E-state index in [1.807, 2.05) is 0 Å². The van der Waals surface area contributed by atoms with E-state index >= 15 is 0 Å². The van der Waals surface area contributed by atoms with Crippen LogP contribution in [0.25, 0.3) is 0 Å². The van der Waals surface area contributed by atoms with Crippen molar-refractivity contribution in [3.05, 3.63) is 12.4 Å². The molecule has 0 aromatic rings. The number of nitrogens with two attached hydrogens (primary N) is 1. The number of carbonyl (C=O) groups is 1. The molecule has 78 valence electrons. The number of aliphatic imine (C=N–C) groups is 1. The van der Waals surface area contributed by atoms with Gasteiger partial charge in [0, 0.05) is 18.6 Å². The maximum absolute atomic E-state index is 12.1. The molecule has 1 heterocycles. The van der Waals surface area contributed by atoms with Gasteiger partial charge in [0.25, 0.3) is 0 Å². The smallest absolute Gasteiger partial charge is 0.371 e. The van der Waals surface area contributed by atoms with Crippen LogP contribution in [0, 0.1) is 0 Å². The first-order valence-electron chi connectivity index (χ1n) is 3.69. The van der Waals surface area contributed by atoms with E-state index in [1.54, 1.807) is 0 Å². The van der Waals surface area contributed by atoms with E-state index in [0.29, 0.717) is 0 Å². The lowest BCUT2D eigenvalue weighted by atomic mass is 9.95. The van der Waals surface area contributed by atoms with Crippen molar-refractivity contribution in [1.82, 2.24) is 5.32 Å². The van der Waals surface area contributed by atoms with Crippen LogP contribution < -0.4 is 11.1 Å². The van der Waals surface area contributed by atoms with Crippen LogP contribution in [0.1, 0.15) is 6.42 Å². The van der Waals surface area contributed by atoms with E-state index in [1.165, 1.54) is 6.20 Å². The molecule has 1 unspecified atom stereocenters. The maximum atomic E-state index is 12.1. The summed E-state index contributed by atoms with van der Waals surface area (Å²) in [6.07, 6.45) is -2.61. The minimum atomic E-state index is -4.49. The number of halogens is 3. The fraction of sp³-hybridized carbons (Fsp3) is 0.429. The van der Waals surface area contributed by atoms with Crippen molar-refractivity contribution in [3.63, 3.8) is 0 Å². The Bertz CT molecular complexity index is 297. The van der Waals surface area contributed by atoms with E-state index in [-0.39, 0.29) is 0 Å². The third-order valence-electron chi connectivity index (χ3n) is 1.72. The normalized spacial score (nSPS) is 25.9. The van der Waals surface area contributed by atoms with E-state index in [2.05, 4.69) is 10.3 Å². The molecule has 1 amide bonds. The Morgan fingerprint density at radius 2 is 2.21 bits per heavy atom. The van der Waals surface area contributed by atoms with Gasteiger partial charge in [-0.2, -0.15) is 13.2 Å². The monoisotopic (exact) mass is 207 g/mol. The zero-order chi connectivity index (χ0) is 10.8. The average Bonchev–Trinajstić information content (AvgIpc) is 2.02. The fourth-order valence-electron chi connectivity index (χ4n) is 1.07. The van der Waals surface area contributed by atoms with Crippen LogP contribution in [0.5, 0.6) is 0 Å². The molecule has 0 aromatic heterocycles. The van der Waals surface area contributed by atoms with Gasteiger partial charge < -0.3 is 11.1 Å². The van der Waals surface area contributed by atoms with E-state index in [0.717, 1.165) is 12.4 Å². The van der Waals surface area contributed by atoms with Crippen LogP contribution in [0.15, 0.2) is 17.4 Å². The molecule has 4 nitrogen and oxygen atoms in total. The van der Waals surface area contributed by atoms with Gasteiger partial charge in [-0.1, -0.05) is 0 Å². The second kappa shape index (κ2) is 3.32. The number of rotatable bonds is 2. The first-order valence-corrected chi connectivity index (χ1v) is 3.69. The van der Waals surface area contributed by atoms with Gasteiger partial charge in [0.1, 0.15) is 0 Å². The fourth-order valence-corrected chi connectivity index (χ4v) is 1.07. The van der Waals surface area contributed by atoms with E-state index < -0.39 is 24.0 Å². The first kappa shape index (κ1) is 10.6. The van der Waals surface area contributed by atoms with Gasteiger partial charge in [0.05, 0.1) is 6.42 Å². The van der Waals surface area contributed by atoms with Gasteiger partial charge in [-0.25, -0.2) is 0 Å². The molecule has 0 radical (unpaired) electrons. The van der Waals surface area contributed by atoms with Crippen LogP contribution in [0.3, 0.4) is 0 Å². The second-order valence-electron chi connectivity index (χ2n) is 2.87. The maximum Gasteiger partial charge on any atom is 0.392 e. The largest absolute Gasteiger partial charge is 0.392 e. The lowest BCUT2D eigenvalue weighted by Gasteiger charge is -2.29. The Labute approximate surface area is 77.7 Å². The Balaban J connectivity index is 2.89. The zero-order valence-corrected chi connectivity index (χ0v) is 7.01. The highest BCUT2D eigenvalue weighted by Crippen LogP contribution is 2.27. The minimum absolute atomic E-state index is 0.864. The Morgan fingerprint density at radius 3 is 2.57 bits per heavy atom. The second-order valence-corrected chi connectivity index (χ2v) is 2.87. The third-order valence-corrected chi connectivity index (χ3v) is 1.72. The molecule has 0 aromatic carbocycles. The predicted molar refractivity (Wildman–Crippen MR) is 43.4 cm³/mol. The van der Waals surface area contributed by atoms with Crippen molar-refractivity contribution in [1.29, 1.82) is 0 Å². The van der Waals surface area contributed by atoms with Crippen molar-refractivity contribution in [2.24, 2.45) is 10.7 Å². The molecule has 3 N–H and O–H groups in total. The molecule has 14 heavy (non-hydrogen) atoms. The molecular weight excluding hydrogens is 199 g/mol. The summed E-state index contributed by atoms with van der Waals surface area (Å²) >= 11 is 0. The number of hydrogen-bond donors (Lipinski definition) is 2. The van der Waals surface area contributed by atoms with Crippen molar-refractivity contribution >= 4 is 12.1 Å². The lowest BCUT2D eigenvalue weighted by Crippen LogP contribution is -2.58. The highest BCUT2D eigenvalue weighted by molar-refractivity contribution is 6.03. The minimum Gasteiger partial charge on any atom is -0.371 e. The molecule has 0 fully saturated rings. The molecular formula is C7H8F3N3O. The summed E-state index contributed by atoms with van der Waals surface area (Å²) in [6.45, 7) is 0. The van der Waals surface area contributed by atoms with Crippen LogP contribution >= 0.6 is 0 Å². The van der Waals surface area contributed by atoms with Crippen LogP contribution in [-0.2, 0) is 4.79 Å². The Hall–Kier alpha value is -1.53. The summed E-state index contributed by atoms with van der Waals surface area (Å²) in [4.78, 5) is 14.4. The lowest BCUT2D eigenvalue weighted by molar-refractivity contribution is -0.152. The standard InChI is InChI=1S/C7H8F3N3O/c8-7(9,10)3-6(5(11)14)4-12-1-2-13-6/h1-2,4,13H,3H2,(H2,11,14). The molecule has 0 aliphatic carbocycles. The molecule has 0 saturated heterocycles. The quantitative estimate of drug-likeness (QED) is 0.684. The van der Waals surface area contributed by atoms with Crippen LogP contribution in [0.4, 0.5) is 13.2 Å². The predicted octanol–water partition coefficient (Wildman–Crippen LogP) is 0.308. The Kier molecular flexibility index (Phi) is 2.50. The molecule has 1 rings (SSSR count). The van der Waals surface area contributed by atoms with Crippen molar-refractivity contribution in [2.45, 2.75) is 18.1 Å². The highest BCUT2D eigenvalue weighted by Gasteiger charge is 2.45. The van der Waals surface area contributed by atoms with Crippen LogP contribution in [0.2, 0.25) is 0 Å². The zero-order valence-electron chi connectivity index (χ0n) is 7.01. The van der Waals surface area contributed by atoms with Crippen LogP contribution in [-0.4, -0.2) is 23.8 Å². The summed E-state index contributed by atoms with van der Waals surface area (Å²) in [7, 11) is 0.